The lowest BCUT2D eigenvalue weighted by Crippen LogP contribution is -2.60. The molecule has 3 N–H and O–H groups in total. The number of aromatic hydroxyl groups is 1. The maximum Gasteiger partial charge on any atom is 0.303 e. The number of nitrogens with zero attached hydrogens (tertiary/aromatic N) is 5. The highest BCUT2D eigenvalue weighted by Gasteiger charge is 2.40. The summed E-state index contributed by atoms with van der Waals surface area (Å²) < 4.78 is 0. The molecule has 2 atom stereocenters. The number of carboxylic acid groups (broad SMARTS) is 1. The average molecular weight is 505 g/mol. The summed E-state index contributed by atoms with van der Waals surface area (Å²) in [7, 11) is 0. The molecule has 1 fully saturated rings. The fourth-order valence-corrected chi connectivity index (χ4v) is 5.09. The number of carboxylic acids is 1. The highest BCUT2D eigenvalue weighted by Crippen LogP contribution is 2.39. The molecule has 0 spiro atoms. The summed E-state index contributed by atoms with van der Waals surface area (Å²) in [6, 6.07) is 14.2. The molecule has 3 aromatic rings. The van der Waals surface area contributed by atoms with Gasteiger partial charge in [-0.2, -0.15) is 4.80 Å². The Morgan fingerprint density at radius 1 is 1.24 bits per heavy atom. The Kier molecular flexibility index (Phi) is 8.35. The van der Waals surface area contributed by atoms with Gasteiger partial charge in [-0.05, 0) is 55.5 Å². The quantitative estimate of drug-likeness (QED) is 0.268. The standard InChI is InChI=1S/C28H36N6O3/c1-4-15-33-18-20(2)29-19-28(33,3)26-23(8-7-9-24(26)35)17-21-11-13-22(14-12-21)27-30-32-34(31-27)16-6-5-10-25(36)37/h4,7-9,11-14,20,29,35H,1,5-6,10,15-19H2,2-3H3,(H,36,37). The molecule has 1 aliphatic heterocycles. The zero-order valence-electron chi connectivity index (χ0n) is 21.6. The number of carbonyl (C=O) groups is 1. The highest BCUT2D eigenvalue weighted by molar-refractivity contribution is 5.66. The Morgan fingerprint density at radius 3 is 2.76 bits per heavy atom. The van der Waals surface area contributed by atoms with Gasteiger partial charge in [-0.15, -0.1) is 16.8 Å². The lowest BCUT2D eigenvalue weighted by Gasteiger charge is -2.48. The molecule has 0 radical (unpaired) electrons. The third kappa shape index (κ3) is 6.23. The third-order valence-electron chi connectivity index (χ3n) is 7.06. The molecule has 1 saturated heterocycles. The van der Waals surface area contributed by atoms with Crippen molar-refractivity contribution >= 4 is 5.97 Å². The second-order valence-electron chi connectivity index (χ2n) is 9.99. The van der Waals surface area contributed by atoms with Gasteiger partial charge in [0, 0.05) is 43.2 Å². The molecule has 1 aromatic heterocycles. The Hall–Kier alpha value is -3.56. The van der Waals surface area contributed by atoms with Gasteiger partial charge in [0.15, 0.2) is 0 Å². The van der Waals surface area contributed by atoms with E-state index >= 15 is 0 Å². The minimum atomic E-state index is -0.793. The Morgan fingerprint density at radius 2 is 2.03 bits per heavy atom. The van der Waals surface area contributed by atoms with E-state index in [1.165, 1.54) is 4.80 Å². The summed E-state index contributed by atoms with van der Waals surface area (Å²) in [5, 5.41) is 36.0. The number of nitrogens with one attached hydrogen (secondary N) is 1. The summed E-state index contributed by atoms with van der Waals surface area (Å²) in [4.78, 5) is 14.6. The first-order valence-corrected chi connectivity index (χ1v) is 12.8. The predicted octanol–water partition coefficient (Wildman–Crippen LogP) is 3.59. The Bertz CT molecular complexity index is 1220. The van der Waals surface area contributed by atoms with Crippen LogP contribution in [0.5, 0.6) is 5.75 Å². The van der Waals surface area contributed by atoms with E-state index in [-0.39, 0.29) is 12.0 Å². The van der Waals surface area contributed by atoms with Crippen molar-refractivity contribution in [2.24, 2.45) is 0 Å². The van der Waals surface area contributed by atoms with Crippen molar-refractivity contribution in [1.29, 1.82) is 0 Å². The number of phenols is 1. The SMILES string of the molecule is C=CCN1CC(C)NCC1(C)c1c(O)cccc1Cc1ccc(-c2nnn(CCCCC(=O)O)n2)cc1. The third-order valence-corrected chi connectivity index (χ3v) is 7.06. The number of unbranched alkanes of at least 4 members (excludes halogenated alkanes) is 1. The first kappa shape index (κ1) is 26.5. The number of piperazine rings is 1. The van der Waals surface area contributed by atoms with Crippen LogP contribution in [0, 0.1) is 0 Å². The number of tetrazole rings is 1. The number of aromatic nitrogens is 4. The van der Waals surface area contributed by atoms with Crippen molar-refractivity contribution in [2.45, 2.75) is 57.7 Å². The van der Waals surface area contributed by atoms with Gasteiger partial charge in [0.1, 0.15) is 5.75 Å². The van der Waals surface area contributed by atoms with E-state index in [4.69, 9.17) is 5.11 Å². The molecule has 4 rings (SSSR count). The van der Waals surface area contributed by atoms with Gasteiger partial charge in [-0.3, -0.25) is 9.69 Å². The van der Waals surface area contributed by atoms with Gasteiger partial charge < -0.3 is 15.5 Å². The van der Waals surface area contributed by atoms with Crippen LogP contribution in [0.3, 0.4) is 0 Å². The van der Waals surface area contributed by atoms with Gasteiger partial charge >= 0.3 is 5.97 Å². The molecular formula is C28H36N6O3. The Labute approximate surface area is 217 Å². The van der Waals surface area contributed by atoms with E-state index in [1.54, 1.807) is 6.07 Å². The van der Waals surface area contributed by atoms with E-state index in [0.29, 0.717) is 43.4 Å². The van der Waals surface area contributed by atoms with Crippen molar-refractivity contribution in [1.82, 2.24) is 30.4 Å². The van der Waals surface area contributed by atoms with Crippen LogP contribution in [0.1, 0.15) is 49.8 Å². The predicted molar refractivity (Wildman–Crippen MR) is 142 cm³/mol. The van der Waals surface area contributed by atoms with E-state index in [9.17, 15) is 9.90 Å². The highest BCUT2D eigenvalue weighted by atomic mass is 16.4. The van der Waals surface area contributed by atoms with Gasteiger partial charge in [0.25, 0.3) is 0 Å². The topological polar surface area (TPSA) is 116 Å². The largest absolute Gasteiger partial charge is 0.508 e. The monoisotopic (exact) mass is 504 g/mol. The summed E-state index contributed by atoms with van der Waals surface area (Å²) >= 11 is 0. The fraction of sp³-hybridized carbons (Fsp3) is 0.429. The van der Waals surface area contributed by atoms with Crippen LogP contribution in [0.25, 0.3) is 11.4 Å². The molecule has 2 unspecified atom stereocenters. The minimum absolute atomic E-state index is 0.144. The molecule has 37 heavy (non-hydrogen) atoms. The minimum Gasteiger partial charge on any atom is -0.508 e. The van der Waals surface area contributed by atoms with E-state index in [0.717, 1.165) is 41.9 Å². The second-order valence-corrected chi connectivity index (χ2v) is 9.99. The lowest BCUT2D eigenvalue weighted by atomic mass is 9.81. The smallest absolute Gasteiger partial charge is 0.303 e. The zero-order chi connectivity index (χ0) is 26.4. The summed E-state index contributed by atoms with van der Waals surface area (Å²) in [6.45, 7) is 11.2. The van der Waals surface area contributed by atoms with Crippen LogP contribution in [0.4, 0.5) is 0 Å². The van der Waals surface area contributed by atoms with Crippen LogP contribution < -0.4 is 5.32 Å². The fourth-order valence-electron chi connectivity index (χ4n) is 5.09. The maximum absolute atomic E-state index is 11.0. The molecule has 9 heteroatoms. The van der Waals surface area contributed by atoms with Crippen LogP contribution in [-0.2, 0) is 23.3 Å². The summed E-state index contributed by atoms with van der Waals surface area (Å²) in [5.74, 6) is 0.0578. The van der Waals surface area contributed by atoms with Crippen LogP contribution in [0.15, 0.2) is 55.1 Å². The molecule has 196 valence electrons. The lowest BCUT2D eigenvalue weighted by molar-refractivity contribution is -0.137. The van der Waals surface area contributed by atoms with Crippen LogP contribution in [-0.4, -0.2) is 67.0 Å². The molecule has 1 aliphatic rings. The second kappa shape index (κ2) is 11.7. The van der Waals surface area contributed by atoms with Crippen molar-refractivity contribution in [2.75, 3.05) is 19.6 Å². The van der Waals surface area contributed by atoms with Gasteiger partial charge in [0.2, 0.25) is 5.82 Å². The number of aliphatic carboxylic acids is 1. The number of hydrogen-bond donors (Lipinski definition) is 3. The molecule has 0 aliphatic carbocycles. The van der Waals surface area contributed by atoms with Gasteiger partial charge in [-0.1, -0.05) is 42.5 Å². The van der Waals surface area contributed by atoms with Crippen LogP contribution >= 0.6 is 0 Å². The van der Waals surface area contributed by atoms with E-state index in [2.05, 4.69) is 64.3 Å². The number of benzene rings is 2. The number of rotatable bonds is 11. The van der Waals surface area contributed by atoms with Crippen molar-refractivity contribution < 1.29 is 15.0 Å². The van der Waals surface area contributed by atoms with E-state index in [1.807, 2.05) is 24.3 Å². The van der Waals surface area contributed by atoms with Crippen LogP contribution in [0.2, 0.25) is 0 Å². The van der Waals surface area contributed by atoms with Crippen molar-refractivity contribution in [3.05, 3.63) is 71.8 Å². The summed E-state index contributed by atoms with van der Waals surface area (Å²) in [6.07, 6.45) is 4.02. The Balaban J connectivity index is 1.50. The molecule has 9 nitrogen and oxygen atoms in total. The summed E-state index contributed by atoms with van der Waals surface area (Å²) in [5.41, 5.74) is 3.66. The molecule has 0 bridgehead atoms. The van der Waals surface area contributed by atoms with Gasteiger partial charge in [-0.25, -0.2) is 0 Å². The average Bonchev–Trinajstić information content (AvgIpc) is 3.34. The molecule has 0 saturated carbocycles. The molecular weight excluding hydrogens is 468 g/mol. The van der Waals surface area contributed by atoms with Crippen molar-refractivity contribution in [3.63, 3.8) is 0 Å². The molecule has 2 aromatic carbocycles. The first-order valence-electron chi connectivity index (χ1n) is 12.8. The number of hydrogen-bond acceptors (Lipinski definition) is 7. The number of aryl methyl sites for hydroxylation is 1. The zero-order valence-corrected chi connectivity index (χ0v) is 21.6. The maximum atomic E-state index is 11.0. The van der Waals surface area contributed by atoms with Gasteiger partial charge in [0.05, 0.1) is 12.1 Å². The van der Waals surface area contributed by atoms with Crippen molar-refractivity contribution in [3.8, 4) is 17.1 Å². The van der Waals surface area contributed by atoms with E-state index < -0.39 is 5.97 Å². The number of phenolic OH excluding ortho intramolecular Hbond substituents is 1. The first-order chi connectivity index (χ1) is 17.8. The molecule has 0 amide bonds. The molecule has 2 heterocycles. The normalized spacial score (nSPS) is 20.1.